The van der Waals surface area contributed by atoms with E-state index >= 15 is 0 Å². The van der Waals surface area contributed by atoms with Gasteiger partial charge in [-0.15, -0.1) is 0 Å². The van der Waals surface area contributed by atoms with Gasteiger partial charge in [-0.3, -0.25) is 9.69 Å². The Labute approximate surface area is 64.3 Å². The van der Waals surface area contributed by atoms with Crippen LogP contribution in [0.4, 0.5) is 4.79 Å². The predicted octanol–water partition coefficient (Wildman–Crippen LogP) is -0.815. The molecule has 1 saturated heterocycles. The van der Waals surface area contributed by atoms with Crippen molar-refractivity contribution in [3.05, 3.63) is 0 Å². The molecular formula is C6H10N2O3. The lowest BCUT2D eigenvalue weighted by Gasteiger charge is -2.24. The average Bonchev–Trinajstić information content (AvgIpc) is 2.03. The molecule has 0 atom stereocenters. The average molecular weight is 158 g/mol. The van der Waals surface area contributed by atoms with E-state index in [9.17, 15) is 9.59 Å². The second-order valence-corrected chi connectivity index (χ2v) is 2.24. The molecule has 0 unspecified atom stereocenters. The zero-order chi connectivity index (χ0) is 8.27. The molecule has 0 aromatic heterocycles. The van der Waals surface area contributed by atoms with Crippen molar-refractivity contribution in [2.24, 2.45) is 0 Å². The topological polar surface area (TPSA) is 58.6 Å². The number of hydrogen-bond donors (Lipinski definition) is 1. The molecule has 62 valence electrons. The van der Waals surface area contributed by atoms with Crippen molar-refractivity contribution in [1.82, 2.24) is 10.2 Å². The van der Waals surface area contributed by atoms with Crippen LogP contribution in [0.25, 0.3) is 0 Å². The summed E-state index contributed by atoms with van der Waals surface area (Å²) in [5.74, 6) is -0.137. The number of carbonyl (C=O) groups is 2. The van der Waals surface area contributed by atoms with Gasteiger partial charge in [0, 0.05) is 13.1 Å². The van der Waals surface area contributed by atoms with Crippen LogP contribution in [0.2, 0.25) is 0 Å². The van der Waals surface area contributed by atoms with Crippen LogP contribution in [0, 0.1) is 0 Å². The van der Waals surface area contributed by atoms with Gasteiger partial charge in [-0.2, -0.15) is 0 Å². The monoisotopic (exact) mass is 158 g/mol. The standard InChI is InChI=1S/C6H10N2O3/c1-11-6(10)8-3-2-7-5(9)4-8/h2-4H2,1H3,(H,7,9). The molecule has 0 aliphatic carbocycles. The zero-order valence-electron chi connectivity index (χ0n) is 6.29. The molecule has 5 heteroatoms. The van der Waals surface area contributed by atoms with E-state index in [4.69, 9.17) is 0 Å². The van der Waals surface area contributed by atoms with Crippen molar-refractivity contribution >= 4 is 12.0 Å². The molecule has 11 heavy (non-hydrogen) atoms. The normalized spacial score (nSPS) is 17.5. The molecule has 1 fully saturated rings. The Balaban J connectivity index is 2.45. The smallest absolute Gasteiger partial charge is 0.410 e. The zero-order valence-corrected chi connectivity index (χ0v) is 6.29. The van der Waals surface area contributed by atoms with Gasteiger partial charge in [0.05, 0.1) is 7.11 Å². The maximum absolute atomic E-state index is 10.8. The maximum atomic E-state index is 10.8. The molecule has 0 radical (unpaired) electrons. The number of nitrogens with zero attached hydrogens (tertiary/aromatic N) is 1. The summed E-state index contributed by atoms with van der Waals surface area (Å²) in [4.78, 5) is 22.9. The number of carbonyl (C=O) groups excluding carboxylic acids is 2. The first-order valence-corrected chi connectivity index (χ1v) is 3.33. The predicted molar refractivity (Wildman–Crippen MR) is 37.0 cm³/mol. The van der Waals surface area contributed by atoms with E-state index in [0.717, 1.165) is 0 Å². The summed E-state index contributed by atoms with van der Waals surface area (Å²) in [5.41, 5.74) is 0. The van der Waals surface area contributed by atoms with E-state index in [-0.39, 0.29) is 12.5 Å². The Morgan fingerprint density at radius 2 is 2.45 bits per heavy atom. The molecule has 0 spiro atoms. The molecule has 1 aliphatic rings. The minimum atomic E-state index is -0.445. The molecule has 1 aliphatic heterocycles. The van der Waals surface area contributed by atoms with E-state index in [1.54, 1.807) is 0 Å². The molecule has 0 bridgehead atoms. The summed E-state index contributed by atoms with van der Waals surface area (Å²) in [6.45, 7) is 1.14. The van der Waals surface area contributed by atoms with Gasteiger partial charge in [0.25, 0.3) is 0 Å². The Morgan fingerprint density at radius 1 is 1.73 bits per heavy atom. The highest BCUT2D eigenvalue weighted by atomic mass is 16.5. The van der Waals surface area contributed by atoms with Gasteiger partial charge in [0.1, 0.15) is 6.54 Å². The van der Waals surface area contributed by atoms with E-state index in [2.05, 4.69) is 10.1 Å². The van der Waals surface area contributed by atoms with Gasteiger partial charge >= 0.3 is 6.09 Å². The van der Waals surface area contributed by atoms with Gasteiger partial charge in [0.2, 0.25) is 5.91 Å². The quantitative estimate of drug-likeness (QED) is 0.501. The SMILES string of the molecule is COC(=O)N1CCNC(=O)C1. The van der Waals surface area contributed by atoms with E-state index < -0.39 is 6.09 Å². The number of piperazine rings is 1. The van der Waals surface area contributed by atoms with Gasteiger partial charge in [-0.1, -0.05) is 0 Å². The lowest BCUT2D eigenvalue weighted by Crippen LogP contribution is -2.49. The highest BCUT2D eigenvalue weighted by molar-refractivity contribution is 5.83. The van der Waals surface area contributed by atoms with Crippen molar-refractivity contribution in [2.45, 2.75) is 0 Å². The summed E-state index contributed by atoms with van der Waals surface area (Å²) in [6, 6.07) is 0. The van der Waals surface area contributed by atoms with E-state index in [0.29, 0.717) is 13.1 Å². The number of rotatable bonds is 0. The van der Waals surface area contributed by atoms with Gasteiger partial charge < -0.3 is 10.1 Å². The third-order valence-electron chi connectivity index (χ3n) is 1.47. The fraction of sp³-hybridized carbons (Fsp3) is 0.667. The third kappa shape index (κ3) is 1.83. The summed E-state index contributed by atoms with van der Waals surface area (Å²) in [6.07, 6.45) is -0.445. The van der Waals surface area contributed by atoms with Crippen molar-refractivity contribution < 1.29 is 14.3 Å². The van der Waals surface area contributed by atoms with Crippen molar-refractivity contribution in [1.29, 1.82) is 0 Å². The van der Waals surface area contributed by atoms with Crippen LogP contribution in [0.3, 0.4) is 0 Å². The fourth-order valence-electron chi connectivity index (χ4n) is 0.924. The van der Waals surface area contributed by atoms with Crippen LogP contribution in [0.1, 0.15) is 0 Å². The van der Waals surface area contributed by atoms with Gasteiger partial charge in [-0.25, -0.2) is 4.79 Å². The molecule has 1 heterocycles. The van der Waals surface area contributed by atoms with Crippen LogP contribution in [0.15, 0.2) is 0 Å². The van der Waals surface area contributed by atoms with Crippen LogP contribution in [-0.4, -0.2) is 43.6 Å². The lowest BCUT2D eigenvalue weighted by atomic mass is 10.4. The summed E-state index contributed by atoms with van der Waals surface area (Å²) < 4.78 is 4.44. The van der Waals surface area contributed by atoms with Crippen LogP contribution in [-0.2, 0) is 9.53 Å². The van der Waals surface area contributed by atoms with Gasteiger partial charge in [-0.05, 0) is 0 Å². The number of hydrogen-bond acceptors (Lipinski definition) is 3. The number of ether oxygens (including phenoxy) is 1. The first-order chi connectivity index (χ1) is 5.24. The molecule has 0 saturated carbocycles. The highest BCUT2D eigenvalue weighted by Gasteiger charge is 2.20. The Morgan fingerprint density at radius 3 is 3.00 bits per heavy atom. The molecule has 2 amide bonds. The van der Waals surface area contributed by atoms with Crippen molar-refractivity contribution in [3.63, 3.8) is 0 Å². The molecule has 1 N–H and O–H groups in total. The summed E-state index contributed by atoms with van der Waals surface area (Å²) >= 11 is 0. The van der Waals surface area contributed by atoms with Gasteiger partial charge in [0.15, 0.2) is 0 Å². The first kappa shape index (κ1) is 7.84. The highest BCUT2D eigenvalue weighted by Crippen LogP contribution is 1.95. The largest absolute Gasteiger partial charge is 0.453 e. The minimum Gasteiger partial charge on any atom is -0.453 e. The third-order valence-corrected chi connectivity index (χ3v) is 1.47. The van der Waals surface area contributed by atoms with Crippen molar-refractivity contribution in [2.75, 3.05) is 26.7 Å². The second kappa shape index (κ2) is 3.23. The Bertz CT molecular complexity index is 181. The minimum absolute atomic E-state index is 0.104. The Hall–Kier alpha value is -1.26. The maximum Gasteiger partial charge on any atom is 0.410 e. The fourth-order valence-corrected chi connectivity index (χ4v) is 0.924. The number of amides is 2. The van der Waals surface area contributed by atoms with Crippen molar-refractivity contribution in [3.8, 4) is 0 Å². The number of nitrogens with one attached hydrogen (secondary N) is 1. The van der Waals surface area contributed by atoms with Crippen LogP contribution in [0.5, 0.6) is 0 Å². The second-order valence-electron chi connectivity index (χ2n) is 2.24. The summed E-state index contributed by atoms with van der Waals surface area (Å²) in [5, 5.41) is 2.60. The number of methoxy groups -OCH3 is 1. The molecule has 5 nitrogen and oxygen atoms in total. The molecule has 0 aromatic carbocycles. The Kier molecular flexibility index (Phi) is 2.30. The molecule has 1 rings (SSSR count). The van der Waals surface area contributed by atoms with E-state index in [1.807, 2.05) is 0 Å². The van der Waals surface area contributed by atoms with Crippen LogP contribution >= 0.6 is 0 Å². The first-order valence-electron chi connectivity index (χ1n) is 3.33. The van der Waals surface area contributed by atoms with E-state index in [1.165, 1.54) is 12.0 Å². The summed E-state index contributed by atoms with van der Waals surface area (Å²) in [7, 11) is 1.30. The molecule has 0 aromatic rings. The lowest BCUT2D eigenvalue weighted by molar-refractivity contribution is -0.123. The molecular weight excluding hydrogens is 148 g/mol. The van der Waals surface area contributed by atoms with Crippen LogP contribution < -0.4 is 5.32 Å².